The minimum Gasteiger partial charge on any atom is -0.378 e. The molecule has 2 unspecified atom stereocenters. The number of ether oxygens (including phenoxy) is 1. The van der Waals surface area contributed by atoms with Gasteiger partial charge in [0.25, 0.3) is 0 Å². The second kappa shape index (κ2) is 5.71. The molecule has 2 heterocycles. The predicted octanol–water partition coefficient (Wildman–Crippen LogP) is 1.32. The minimum absolute atomic E-state index is 0.225. The highest BCUT2D eigenvalue weighted by atomic mass is 32.2. The molecule has 16 heavy (non-hydrogen) atoms. The summed E-state index contributed by atoms with van der Waals surface area (Å²) >= 11 is 2.08. The fourth-order valence-corrected chi connectivity index (χ4v) is 3.86. The average Bonchev–Trinajstić information content (AvgIpc) is 2.57. The molecule has 2 N–H and O–H groups in total. The molecule has 94 valence electrons. The average molecular weight is 244 g/mol. The summed E-state index contributed by atoms with van der Waals surface area (Å²) in [6, 6.07) is 0. The molecule has 0 radical (unpaired) electrons. The molecular weight excluding hydrogens is 220 g/mol. The van der Waals surface area contributed by atoms with E-state index in [2.05, 4.69) is 23.6 Å². The second-order valence-electron chi connectivity index (χ2n) is 5.02. The number of rotatable bonds is 2. The van der Waals surface area contributed by atoms with Crippen molar-refractivity contribution in [1.82, 2.24) is 4.90 Å². The molecule has 2 fully saturated rings. The van der Waals surface area contributed by atoms with Crippen LogP contribution in [0.2, 0.25) is 0 Å². The van der Waals surface area contributed by atoms with Crippen LogP contribution >= 0.6 is 11.8 Å². The Labute approximate surface area is 103 Å². The molecule has 0 aromatic heterocycles. The first-order chi connectivity index (χ1) is 7.77. The number of nitrogens with zero attached hydrogens (tertiary/aromatic N) is 1. The Kier molecular flexibility index (Phi) is 4.53. The van der Waals surface area contributed by atoms with Crippen LogP contribution in [0.1, 0.15) is 26.2 Å². The van der Waals surface area contributed by atoms with E-state index in [-0.39, 0.29) is 5.54 Å². The highest BCUT2D eigenvalue weighted by Crippen LogP contribution is 2.31. The monoisotopic (exact) mass is 244 g/mol. The minimum atomic E-state index is 0.225. The SMILES string of the molecule is CC1CC(CN)(N2CCCSCC2)CCO1. The van der Waals surface area contributed by atoms with Gasteiger partial charge in [0.1, 0.15) is 0 Å². The second-order valence-corrected chi connectivity index (χ2v) is 6.24. The van der Waals surface area contributed by atoms with Gasteiger partial charge in [-0.2, -0.15) is 11.8 Å². The quantitative estimate of drug-likeness (QED) is 0.795. The van der Waals surface area contributed by atoms with Gasteiger partial charge in [0.2, 0.25) is 0 Å². The first kappa shape index (κ1) is 12.7. The Morgan fingerprint density at radius 2 is 2.31 bits per heavy atom. The van der Waals surface area contributed by atoms with Crippen LogP contribution in [0.3, 0.4) is 0 Å². The molecule has 2 rings (SSSR count). The van der Waals surface area contributed by atoms with Crippen LogP contribution in [-0.2, 0) is 4.74 Å². The zero-order chi connectivity index (χ0) is 11.4. The van der Waals surface area contributed by atoms with Crippen LogP contribution in [0.25, 0.3) is 0 Å². The zero-order valence-corrected chi connectivity index (χ0v) is 11.1. The molecular formula is C12H24N2OS. The number of hydrogen-bond donors (Lipinski definition) is 1. The molecule has 0 amide bonds. The van der Waals surface area contributed by atoms with E-state index in [0.29, 0.717) is 6.10 Å². The van der Waals surface area contributed by atoms with Gasteiger partial charge >= 0.3 is 0 Å². The van der Waals surface area contributed by atoms with E-state index in [0.717, 1.165) is 26.0 Å². The van der Waals surface area contributed by atoms with Crippen molar-refractivity contribution < 1.29 is 4.74 Å². The van der Waals surface area contributed by atoms with Gasteiger partial charge in [0, 0.05) is 31.0 Å². The molecule has 0 aliphatic carbocycles. The molecule has 0 aromatic carbocycles. The van der Waals surface area contributed by atoms with Gasteiger partial charge in [-0.3, -0.25) is 4.90 Å². The van der Waals surface area contributed by atoms with Crippen LogP contribution < -0.4 is 5.73 Å². The summed E-state index contributed by atoms with van der Waals surface area (Å²) in [5.74, 6) is 2.57. The lowest BCUT2D eigenvalue weighted by Gasteiger charge is -2.47. The predicted molar refractivity (Wildman–Crippen MR) is 69.9 cm³/mol. The number of hydrogen-bond acceptors (Lipinski definition) is 4. The molecule has 4 heteroatoms. The van der Waals surface area contributed by atoms with Crippen molar-refractivity contribution >= 4 is 11.8 Å². The Morgan fingerprint density at radius 3 is 3.06 bits per heavy atom. The normalized spacial score (nSPS) is 38.2. The first-order valence-electron chi connectivity index (χ1n) is 6.41. The van der Waals surface area contributed by atoms with Gasteiger partial charge < -0.3 is 10.5 Å². The van der Waals surface area contributed by atoms with Crippen molar-refractivity contribution in [3.63, 3.8) is 0 Å². The van der Waals surface area contributed by atoms with Crippen molar-refractivity contribution in [2.45, 2.75) is 37.8 Å². The van der Waals surface area contributed by atoms with Gasteiger partial charge in [-0.25, -0.2) is 0 Å². The number of nitrogens with two attached hydrogens (primary N) is 1. The van der Waals surface area contributed by atoms with E-state index in [1.807, 2.05) is 0 Å². The lowest BCUT2D eigenvalue weighted by atomic mass is 9.85. The standard InChI is InChI=1S/C12H24N2OS/c1-11-9-12(10-13,3-6-15-11)14-4-2-7-16-8-5-14/h11H,2-10,13H2,1H3. The third kappa shape index (κ3) is 2.73. The highest BCUT2D eigenvalue weighted by molar-refractivity contribution is 7.99. The summed E-state index contributed by atoms with van der Waals surface area (Å²) in [6.07, 6.45) is 3.89. The lowest BCUT2D eigenvalue weighted by molar-refractivity contribution is -0.0615. The van der Waals surface area contributed by atoms with Crippen molar-refractivity contribution in [3.8, 4) is 0 Å². The third-order valence-electron chi connectivity index (χ3n) is 3.91. The van der Waals surface area contributed by atoms with Crippen molar-refractivity contribution in [1.29, 1.82) is 0 Å². The van der Waals surface area contributed by atoms with Gasteiger partial charge in [0.15, 0.2) is 0 Å². The first-order valence-corrected chi connectivity index (χ1v) is 7.57. The molecule has 0 spiro atoms. The summed E-state index contributed by atoms with van der Waals surface area (Å²) in [5, 5.41) is 0. The lowest BCUT2D eigenvalue weighted by Crippen LogP contribution is -2.58. The zero-order valence-electron chi connectivity index (χ0n) is 10.3. The van der Waals surface area contributed by atoms with Crippen molar-refractivity contribution in [2.24, 2.45) is 5.73 Å². The van der Waals surface area contributed by atoms with Crippen LogP contribution in [-0.4, -0.2) is 54.3 Å². The van der Waals surface area contributed by atoms with E-state index in [1.165, 1.54) is 31.0 Å². The smallest absolute Gasteiger partial charge is 0.0565 e. The molecule has 2 aliphatic rings. The van der Waals surface area contributed by atoms with Crippen LogP contribution in [0.15, 0.2) is 0 Å². The van der Waals surface area contributed by atoms with E-state index in [4.69, 9.17) is 10.5 Å². The summed E-state index contributed by atoms with van der Waals surface area (Å²) in [5.41, 5.74) is 6.30. The molecule has 2 aliphatic heterocycles. The van der Waals surface area contributed by atoms with Gasteiger partial charge in [-0.05, 0) is 38.5 Å². The van der Waals surface area contributed by atoms with E-state index < -0.39 is 0 Å². The van der Waals surface area contributed by atoms with Gasteiger partial charge in [0.05, 0.1) is 6.10 Å². The fourth-order valence-electron chi connectivity index (χ4n) is 2.97. The molecule has 2 saturated heterocycles. The Balaban J connectivity index is 2.05. The summed E-state index contributed by atoms with van der Waals surface area (Å²) in [6.45, 7) is 6.26. The topological polar surface area (TPSA) is 38.5 Å². The van der Waals surface area contributed by atoms with E-state index in [1.54, 1.807) is 0 Å². The molecule has 2 atom stereocenters. The fraction of sp³-hybridized carbons (Fsp3) is 1.00. The van der Waals surface area contributed by atoms with Crippen LogP contribution in [0.5, 0.6) is 0 Å². The molecule has 3 nitrogen and oxygen atoms in total. The largest absolute Gasteiger partial charge is 0.378 e. The maximum Gasteiger partial charge on any atom is 0.0565 e. The molecule has 0 saturated carbocycles. The third-order valence-corrected chi connectivity index (χ3v) is 4.96. The Morgan fingerprint density at radius 1 is 1.44 bits per heavy atom. The summed E-state index contributed by atoms with van der Waals surface area (Å²) in [7, 11) is 0. The summed E-state index contributed by atoms with van der Waals surface area (Å²) < 4.78 is 5.67. The Bertz CT molecular complexity index is 219. The van der Waals surface area contributed by atoms with Crippen molar-refractivity contribution in [3.05, 3.63) is 0 Å². The summed E-state index contributed by atoms with van der Waals surface area (Å²) in [4.78, 5) is 2.64. The Hall–Kier alpha value is 0.230. The van der Waals surface area contributed by atoms with Crippen LogP contribution in [0, 0.1) is 0 Å². The maximum absolute atomic E-state index is 6.08. The molecule has 0 aromatic rings. The van der Waals surface area contributed by atoms with E-state index >= 15 is 0 Å². The number of thioether (sulfide) groups is 1. The van der Waals surface area contributed by atoms with Crippen molar-refractivity contribution in [2.75, 3.05) is 37.7 Å². The molecule has 0 bridgehead atoms. The van der Waals surface area contributed by atoms with Crippen LogP contribution in [0.4, 0.5) is 0 Å². The van der Waals surface area contributed by atoms with Gasteiger partial charge in [-0.1, -0.05) is 0 Å². The maximum atomic E-state index is 6.08. The van der Waals surface area contributed by atoms with Gasteiger partial charge in [-0.15, -0.1) is 0 Å². The highest BCUT2D eigenvalue weighted by Gasteiger charge is 2.39. The van der Waals surface area contributed by atoms with E-state index in [9.17, 15) is 0 Å².